The molecular formula is C23H30N8O3. The van der Waals surface area contributed by atoms with Crippen molar-refractivity contribution in [3.05, 3.63) is 42.0 Å². The lowest BCUT2D eigenvalue weighted by Crippen LogP contribution is -2.45. The summed E-state index contributed by atoms with van der Waals surface area (Å²) in [5, 5.41) is 24.8. The third kappa shape index (κ3) is 4.04. The summed E-state index contributed by atoms with van der Waals surface area (Å²) in [7, 11) is 1.32. The van der Waals surface area contributed by atoms with Crippen molar-refractivity contribution in [1.29, 1.82) is 0 Å². The van der Waals surface area contributed by atoms with Gasteiger partial charge in [-0.15, -0.1) is 10.2 Å². The lowest BCUT2D eigenvalue weighted by Gasteiger charge is -2.36. The number of methoxy groups -OCH3 is 1. The van der Waals surface area contributed by atoms with Gasteiger partial charge in [0.2, 0.25) is 0 Å². The number of carbonyl (C=O) groups is 1. The van der Waals surface area contributed by atoms with Gasteiger partial charge >= 0.3 is 5.97 Å². The van der Waals surface area contributed by atoms with E-state index in [1.807, 2.05) is 28.9 Å². The summed E-state index contributed by atoms with van der Waals surface area (Å²) in [5.74, 6) is 0.521. The Balaban J connectivity index is 1.49. The Hall–Kier alpha value is -3.34. The van der Waals surface area contributed by atoms with Crippen LogP contribution in [0, 0.1) is 5.92 Å². The molecule has 1 aliphatic heterocycles. The van der Waals surface area contributed by atoms with Gasteiger partial charge in [-0.2, -0.15) is 0 Å². The van der Waals surface area contributed by atoms with Crippen molar-refractivity contribution in [3.63, 3.8) is 0 Å². The van der Waals surface area contributed by atoms with Gasteiger partial charge in [0, 0.05) is 11.6 Å². The first kappa shape index (κ1) is 22.5. The van der Waals surface area contributed by atoms with E-state index in [1.54, 1.807) is 10.9 Å². The summed E-state index contributed by atoms with van der Waals surface area (Å²) in [6.07, 6.45) is 8.34. The number of esters is 1. The van der Waals surface area contributed by atoms with Crippen LogP contribution in [0.2, 0.25) is 0 Å². The molecule has 1 aromatic carbocycles. The fraction of sp³-hybridized carbons (Fsp3) is 0.565. The average Bonchev–Trinajstić information content (AvgIpc) is 3.64. The Morgan fingerprint density at radius 3 is 2.88 bits per heavy atom. The first-order chi connectivity index (χ1) is 16.6. The van der Waals surface area contributed by atoms with Crippen LogP contribution in [-0.4, -0.2) is 61.5 Å². The third-order valence-corrected chi connectivity index (χ3v) is 7.02. The second kappa shape index (κ2) is 9.49. The molecule has 5 rings (SSSR count). The molecule has 1 saturated carbocycles. The van der Waals surface area contributed by atoms with E-state index in [2.05, 4.69) is 38.1 Å². The molecule has 1 N–H and O–H groups in total. The average molecular weight is 467 g/mol. The van der Waals surface area contributed by atoms with Gasteiger partial charge in [-0.05, 0) is 47.9 Å². The Kier molecular flexibility index (Phi) is 6.27. The molecule has 2 aliphatic rings. The Bertz CT molecular complexity index is 1140. The zero-order valence-corrected chi connectivity index (χ0v) is 19.6. The molecule has 0 spiro atoms. The first-order valence-corrected chi connectivity index (χ1v) is 11.9. The molecule has 180 valence electrons. The van der Waals surface area contributed by atoms with E-state index in [0.29, 0.717) is 19.3 Å². The number of nitrogens with one attached hydrogen (secondary N) is 1. The maximum atomic E-state index is 11.8. The van der Waals surface area contributed by atoms with Crippen LogP contribution in [0.3, 0.4) is 0 Å². The minimum absolute atomic E-state index is 0.152. The monoisotopic (exact) mass is 466 g/mol. The maximum Gasteiger partial charge on any atom is 0.360 e. The summed E-state index contributed by atoms with van der Waals surface area (Å²) in [6.45, 7) is 3.30. The van der Waals surface area contributed by atoms with E-state index in [4.69, 9.17) is 9.47 Å². The van der Waals surface area contributed by atoms with Crippen LogP contribution in [0.4, 0.5) is 5.69 Å². The van der Waals surface area contributed by atoms with Gasteiger partial charge < -0.3 is 14.8 Å². The fourth-order valence-electron chi connectivity index (χ4n) is 5.16. The number of ether oxygens (including phenoxy) is 2. The third-order valence-electron chi connectivity index (χ3n) is 7.02. The van der Waals surface area contributed by atoms with Crippen molar-refractivity contribution in [2.24, 2.45) is 5.92 Å². The van der Waals surface area contributed by atoms with Gasteiger partial charge in [0.25, 0.3) is 0 Å². The van der Waals surface area contributed by atoms with Crippen molar-refractivity contribution >= 4 is 11.7 Å². The molecule has 34 heavy (non-hydrogen) atoms. The highest BCUT2D eigenvalue weighted by Crippen LogP contribution is 2.41. The second-order valence-electron chi connectivity index (χ2n) is 9.05. The van der Waals surface area contributed by atoms with E-state index in [1.165, 1.54) is 26.4 Å². The highest BCUT2D eigenvalue weighted by Gasteiger charge is 2.49. The highest BCUT2D eigenvalue weighted by atomic mass is 16.5. The largest absolute Gasteiger partial charge is 0.464 e. The number of carbonyl (C=O) groups excluding carboxylic acids is 1. The van der Waals surface area contributed by atoms with Gasteiger partial charge in [0.1, 0.15) is 5.54 Å². The summed E-state index contributed by atoms with van der Waals surface area (Å²) >= 11 is 0. The molecule has 2 fully saturated rings. The Labute approximate surface area is 197 Å². The predicted molar refractivity (Wildman–Crippen MR) is 123 cm³/mol. The molecule has 0 bridgehead atoms. The van der Waals surface area contributed by atoms with E-state index >= 15 is 0 Å². The number of tetrazole rings is 1. The number of benzene rings is 1. The lowest BCUT2D eigenvalue weighted by molar-refractivity contribution is 0.0594. The van der Waals surface area contributed by atoms with Crippen molar-refractivity contribution < 1.29 is 14.3 Å². The van der Waals surface area contributed by atoms with Crippen molar-refractivity contribution in [2.75, 3.05) is 25.6 Å². The van der Waals surface area contributed by atoms with Crippen LogP contribution in [0.25, 0.3) is 5.69 Å². The molecule has 1 saturated heterocycles. The minimum atomic E-state index is -0.548. The van der Waals surface area contributed by atoms with E-state index in [0.717, 1.165) is 36.5 Å². The standard InChI is InChI=1S/C23H30N8O3/c1-3-16-14-34-15-23(16,22-26-27-29-31(22)18-9-5-4-6-10-18)24-17-8-7-11-19(12-17)30-13-20(25-28-30)21(32)33-2/h7-8,11-13,16,18,24H,3-6,9-10,14-15H2,1-2H3. The topological polar surface area (TPSA) is 122 Å². The summed E-state index contributed by atoms with van der Waals surface area (Å²) in [5.41, 5.74) is 1.25. The van der Waals surface area contributed by atoms with Gasteiger partial charge in [-0.1, -0.05) is 37.5 Å². The van der Waals surface area contributed by atoms with E-state index < -0.39 is 11.5 Å². The lowest BCUT2D eigenvalue weighted by atomic mass is 9.83. The molecule has 0 amide bonds. The molecule has 3 aromatic rings. The van der Waals surface area contributed by atoms with Crippen molar-refractivity contribution in [3.8, 4) is 5.69 Å². The molecule has 11 nitrogen and oxygen atoms in total. The highest BCUT2D eigenvalue weighted by molar-refractivity contribution is 5.86. The Morgan fingerprint density at radius 2 is 2.09 bits per heavy atom. The maximum absolute atomic E-state index is 11.8. The van der Waals surface area contributed by atoms with Crippen LogP contribution < -0.4 is 5.32 Å². The molecule has 2 unspecified atom stereocenters. The number of anilines is 1. The molecule has 3 heterocycles. The van der Waals surface area contributed by atoms with Crippen LogP contribution in [0.15, 0.2) is 30.5 Å². The zero-order chi connectivity index (χ0) is 23.5. The van der Waals surface area contributed by atoms with Gasteiger partial charge in [0.05, 0.1) is 38.2 Å². The van der Waals surface area contributed by atoms with E-state index in [-0.39, 0.29) is 11.6 Å². The van der Waals surface area contributed by atoms with Crippen LogP contribution in [-0.2, 0) is 15.0 Å². The molecule has 11 heteroatoms. The number of rotatable bonds is 7. The number of nitrogens with zero attached hydrogens (tertiary/aromatic N) is 7. The van der Waals surface area contributed by atoms with Gasteiger partial charge in [-0.25, -0.2) is 14.2 Å². The number of hydrogen-bond donors (Lipinski definition) is 1. The van der Waals surface area contributed by atoms with Gasteiger partial charge in [-0.3, -0.25) is 0 Å². The molecule has 1 aliphatic carbocycles. The van der Waals surface area contributed by atoms with Gasteiger partial charge in [0.15, 0.2) is 11.5 Å². The smallest absolute Gasteiger partial charge is 0.360 e. The summed E-state index contributed by atoms with van der Waals surface area (Å²) < 4.78 is 14.3. The molecule has 2 aromatic heterocycles. The summed E-state index contributed by atoms with van der Waals surface area (Å²) in [6, 6.07) is 8.13. The predicted octanol–water partition coefficient (Wildman–Crippen LogP) is 2.91. The normalized spacial score (nSPS) is 23.2. The molecular weight excluding hydrogens is 436 g/mol. The Morgan fingerprint density at radius 1 is 1.24 bits per heavy atom. The van der Waals surface area contributed by atoms with E-state index in [9.17, 15) is 4.79 Å². The molecule has 0 radical (unpaired) electrons. The second-order valence-corrected chi connectivity index (χ2v) is 9.05. The molecule has 2 atom stereocenters. The van der Waals surface area contributed by atoms with Crippen LogP contribution in [0.1, 0.15) is 67.8 Å². The summed E-state index contributed by atoms with van der Waals surface area (Å²) in [4.78, 5) is 11.8. The zero-order valence-electron chi connectivity index (χ0n) is 19.6. The SMILES string of the molecule is CCC1COCC1(Nc1cccc(-n2cc(C(=O)OC)nn2)c1)c1nnnn1C1CCCCC1. The van der Waals surface area contributed by atoms with Crippen molar-refractivity contribution in [2.45, 2.75) is 57.0 Å². The minimum Gasteiger partial charge on any atom is -0.464 e. The quantitative estimate of drug-likeness (QED) is 0.524. The fourth-order valence-corrected chi connectivity index (χ4v) is 5.16. The number of aromatic nitrogens is 7. The van der Waals surface area contributed by atoms with Crippen LogP contribution in [0.5, 0.6) is 0 Å². The van der Waals surface area contributed by atoms with Crippen molar-refractivity contribution in [1.82, 2.24) is 35.2 Å². The number of hydrogen-bond acceptors (Lipinski definition) is 9. The first-order valence-electron chi connectivity index (χ1n) is 11.9. The van der Waals surface area contributed by atoms with Crippen LogP contribution >= 0.6 is 0 Å².